The molecular formula is C70H61N3OSi. The highest BCUT2D eigenvalue weighted by molar-refractivity contribution is 7.19. The van der Waals surface area contributed by atoms with Crippen molar-refractivity contribution < 1.29 is 4.74 Å². The van der Waals surface area contributed by atoms with E-state index in [2.05, 4.69) is 294 Å². The molecule has 3 heterocycles. The van der Waals surface area contributed by atoms with Crippen LogP contribution in [0, 0.1) is 13.8 Å². The van der Waals surface area contributed by atoms with Crippen LogP contribution in [0.15, 0.2) is 224 Å². The number of aryl methyl sites for hydroxylation is 2. The van der Waals surface area contributed by atoms with Crippen molar-refractivity contribution in [1.82, 2.24) is 9.13 Å². The van der Waals surface area contributed by atoms with Gasteiger partial charge in [-0.25, -0.2) is 0 Å². The van der Waals surface area contributed by atoms with Crippen LogP contribution in [0.1, 0.15) is 63.8 Å². The molecule has 0 fully saturated rings. The molecule has 2 aromatic heterocycles. The lowest BCUT2D eigenvalue weighted by Gasteiger charge is -2.37. The summed E-state index contributed by atoms with van der Waals surface area (Å²) >= 11 is 0. The number of ether oxygens (including phenoxy) is 1. The summed E-state index contributed by atoms with van der Waals surface area (Å²) in [7, 11) is -2.88. The summed E-state index contributed by atoms with van der Waals surface area (Å²) in [6.45, 7) is 18.2. The first-order valence-electron chi connectivity index (χ1n) is 26.4. The molecule has 0 saturated heterocycles. The van der Waals surface area contributed by atoms with E-state index in [0.29, 0.717) is 0 Å². The van der Waals surface area contributed by atoms with Gasteiger partial charge in [-0.3, -0.25) is 0 Å². The third-order valence-corrected chi connectivity index (χ3v) is 20.6. The average Bonchev–Trinajstić information content (AvgIpc) is 3.92. The number of anilines is 3. The highest BCUT2D eigenvalue weighted by Crippen LogP contribution is 2.52. The summed E-state index contributed by atoms with van der Waals surface area (Å²) < 4.78 is 12.2. The van der Waals surface area contributed by atoms with E-state index >= 15 is 0 Å². The van der Waals surface area contributed by atoms with Gasteiger partial charge in [-0.1, -0.05) is 180 Å². The molecule has 0 unspecified atom stereocenters. The van der Waals surface area contributed by atoms with E-state index in [0.717, 1.165) is 39.9 Å². The second kappa shape index (κ2) is 17.4. The van der Waals surface area contributed by atoms with Crippen molar-refractivity contribution >= 4 is 89.5 Å². The number of rotatable bonds is 7. The number of benzene rings is 10. The van der Waals surface area contributed by atoms with Crippen LogP contribution in [0.2, 0.25) is 0 Å². The Labute approximate surface area is 441 Å². The van der Waals surface area contributed by atoms with Crippen molar-refractivity contribution in [3.63, 3.8) is 0 Å². The fraction of sp³-hybridized carbons (Fsp3) is 0.143. The van der Waals surface area contributed by atoms with E-state index in [4.69, 9.17) is 4.74 Å². The normalized spacial score (nSPS) is 12.9. The Morgan fingerprint density at radius 3 is 1.13 bits per heavy atom. The minimum absolute atomic E-state index is 0.000528. The van der Waals surface area contributed by atoms with Crippen molar-refractivity contribution in [2.45, 2.75) is 66.2 Å². The summed E-state index contributed by atoms with van der Waals surface area (Å²) in [5.41, 5.74) is 14.9. The third-order valence-electron chi connectivity index (χ3n) is 15.8. The maximum absolute atomic E-state index is 7.37. The predicted molar refractivity (Wildman–Crippen MR) is 320 cm³/mol. The average molecular weight is 988 g/mol. The molecule has 0 saturated carbocycles. The monoisotopic (exact) mass is 987 g/mol. The van der Waals surface area contributed by atoms with Crippen LogP contribution >= 0.6 is 0 Å². The lowest BCUT2D eigenvalue weighted by molar-refractivity contribution is 0.476. The highest BCUT2D eigenvalue weighted by Gasteiger charge is 2.42. The molecular weight excluding hydrogens is 927 g/mol. The van der Waals surface area contributed by atoms with Crippen LogP contribution in [0.25, 0.3) is 55.0 Å². The molecule has 0 radical (unpaired) electrons. The molecule has 5 heteroatoms. The Morgan fingerprint density at radius 1 is 0.333 bits per heavy atom. The van der Waals surface area contributed by atoms with Gasteiger partial charge in [0.25, 0.3) is 0 Å². The Balaban J connectivity index is 1.05. The summed E-state index contributed by atoms with van der Waals surface area (Å²) in [6.07, 6.45) is 0. The summed E-state index contributed by atoms with van der Waals surface area (Å²) in [5, 5.41) is 10.3. The predicted octanol–water partition coefficient (Wildman–Crippen LogP) is 16.0. The fourth-order valence-electron chi connectivity index (χ4n) is 12.0. The van der Waals surface area contributed by atoms with Crippen molar-refractivity contribution in [3.8, 4) is 22.9 Å². The zero-order chi connectivity index (χ0) is 51.4. The lowest BCUT2D eigenvalue weighted by atomic mass is 9.85. The third kappa shape index (κ3) is 7.54. The van der Waals surface area contributed by atoms with Gasteiger partial charge >= 0.3 is 0 Å². The van der Waals surface area contributed by atoms with Crippen molar-refractivity contribution in [3.05, 3.63) is 247 Å². The van der Waals surface area contributed by atoms with Gasteiger partial charge in [-0.05, 0) is 141 Å². The topological polar surface area (TPSA) is 22.3 Å². The Kier molecular flexibility index (Phi) is 10.7. The van der Waals surface area contributed by atoms with Crippen molar-refractivity contribution in [2.24, 2.45) is 0 Å². The number of fused-ring (bicyclic) bond motifs is 8. The minimum Gasteiger partial charge on any atom is -0.453 e. The molecule has 1 aliphatic rings. The van der Waals surface area contributed by atoms with Crippen LogP contribution in [0.3, 0.4) is 0 Å². The molecule has 12 aromatic rings. The van der Waals surface area contributed by atoms with Crippen molar-refractivity contribution in [2.75, 3.05) is 4.90 Å². The largest absolute Gasteiger partial charge is 0.453 e. The molecule has 0 bridgehead atoms. The molecule has 0 amide bonds. The van der Waals surface area contributed by atoms with Gasteiger partial charge in [-0.15, -0.1) is 0 Å². The Hall–Kier alpha value is -8.38. The standard InChI is InChI=1S/C70H61N3OSi/c1-46-27-33-61-57(39-46)58-40-47(2)28-34-62(58)71(61)51-31-37-65-67(44-51)74-68-45-52(72-63-35-29-48(69(3,4)5)41-59(63)60-42-49(70(6,7)8)30-36-64(60)72)32-38-66(68)73(65)50-19-18-26-56(43-50)75(53-20-12-9-13-21-53,54-22-14-10-15-23-54)55-24-16-11-17-25-55/h9-45H,1-8H3. The molecule has 75 heavy (non-hydrogen) atoms. The molecule has 0 spiro atoms. The van der Waals surface area contributed by atoms with Crippen molar-refractivity contribution in [1.29, 1.82) is 0 Å². The minimum atomic E-state index is -2.88. The second-order valence-corrected chi connectivity index (χ2v) is 26.6. The van der Waals surface area contributed by atoms with E-state index in [9.17, 15) is 0 Å². The van der Waals surface area contributed by atoms with Gasteiger partial charge in [-0.2, -0.15) is 0 Å². The van der Waals surface area contributed by atoms with Crippen LogP contribution < -0.4 is 30.4 Å². The quantitative estimate of drug-likeness (QED) is 0.117. The molecule has 10 aromatic carbocycles. The van der Waals surface area contributed by atoms with Gasteiger partial charge in [0.15, 0.2) is 19.6 Å². The summed E-state index contributed by atoms with van der Waals surface area (Å²) in [5.74, 6) is 1.59. The summed E-state index contributed by atoms with van der Waals surface area (Å²) in [4.78, 5) is 2.43. The van der Waals surface area contributed by atoms with Gasteiger partial charge in [0.05, 0.1) is 44.8 Å². The molecule has 0 N–H and O–H groups in total. The number of aromatic nitrogens is 2. The maximum atomic E-state index is 7.37. The zero-order valence-electron chi connectivity index (χ0n) is 44.1. The molecule has 0 aliphatic carbocycles. The Morgan fingerprint density at radius 2 is 0.720 bits per heavy atom. The van der Waals surface area contributed by atoms with Crippen LogP contribution in [0.5, 0.6) is 11.5 Å². The van der Waals surface area contributed by atoms with Gasteiger partial charge in [0.1, 0.15) is 0 Å². The van der Waals surface area contributed by atoms with E-state index in [1.807, 2.05) is 0 Å². The van der Waals surface area contributed by atoms with Gasteiger partial charge in [0, 0.05) is 39.4 Å². The number of hydrogen-bond donors (Lipinski definition) is 0. The first-order chi connectivity index (χ1) is 36.3. The highest BCUT2D eigenvalue weighted by atomic mass is 28.3. The van der Waals surface area contributed by atoms with E-state index in [-0.39, 0.29) is 10.8 Å². The van der Waals surface area contributed by atoms with E-state index in [1.54, 1.807) is 0 Å². The van der Waals surface area contributed by atoms with Gasteiger partial charge in [0.2, 0.25) is 0 Å². The van der Waals surface area contributed by atoms with E-state index in [1.165, 1.54) is 86.6 Å². The first-order valence-corrected chi connectivity index (χ1v) is 28.4. The Bertz CT molecular complexity index is 3970. The number of hydrogen-bond acceptors (Lipinski definition) is 2. The van der Waals surface area contributed by atoms with Crippen LogP contribution in [-0.2, 0) is 10.8 Å². The number of nitrogens with zero attached hydrogens (tertiary/aromatic N) is 3. The second-order valence-electron chi connectivity index (χ2n) is 22.8. The molecule has 13 rings (SSSR count). The molecule has 366 valence electrons. The summed E-state index contributed by atoms with van der Waals surface area (Å²) in [6, 6.07) is 84.2. The van der Waals surface area contributed by atoms with Gasteiger partial charge < -0.3 is 18.8 Å². The smallest absolute Gasteiger partial charge is 0.179 e. The van der Waals surface area contributed by atoms with E-state index < -0.39 is 8.07 Å². The fourth-order valence-corrected chi connectivity index (χ4v) is 16.8. The lowest BCUT2D eigenvalue weighted by Crippen LogP contribution is -2.74. The molecule has 0 atom stereocenters. The zero-order valence-corrected chi connectivity index (χ0v) is 45.1. The van der Waals surface area contributed by atoms with Crippen LogP contribution in [0.4, 0.5) is 17.1 Å². The molecule has 1 aliphatic heterocycles. The SMILES string of the molecule is Cc1ccc2c(c1)c1cc(C)ccc1n2-c1ccc2c(c1)Oc1cc(-n3c4ccc(C(C)(C)C)cc4c4cc(C(C)(C)C)ccc43)ccc1N2c1cccc([Si](c2ccccc2)(c2ccccc2)c2ccccc2)c1. The molecule has 4 nitrogen and oxygen atoms in total. The van der Waals surface area contributed by atoms with Crippen LogP contribution in [-0.4, -0.2) is 17.2 Å². The first kappa shape index (κ1) is 46.4. The maximum Gasteiger partial charge on any atom is 0.179 e.